The molecule has 3 aliphatic rings. The van der Waals surface area contributed by atoms with Gasteiger partial charge in [-0.1, -0.05) is 32.6 Å². The second-order valence-electron chi connectivity index (χ2n) is 10.1. The van der Waals surface area contributed by atoms with Crippen LogP contribution in [0, 0.1) is 5.92 Å². The van der Waals surface area contributed by atoms with E-state index in [0.29, 0.717) is 24.3 Å². The number of unbranched alkanes of at least 4 members (excludes halogenated alkanes) is 1. The van der Waals surface area contributed by atoms with Gasteiger partial charge in [0.2, 0.25) is 0 Å². The Balaban J connectivity index is 1.31. The molecule has 0 bridgehead atoms. The zero-order valence-corrected chi connectivity index (χ0v) is 19.6. The lowest BCUT2D eigenvalue weighted by atomic mass is 9.66. The molecular formula is C27H35NO5. The van der Waals surface area contributed by atoms with Crippen molar-refractivity contribution in [3.63, 3.8) is 0 Å². The lowest BCUT2D eigenvalue weighted by molar-refractivity contribution is -0.157. The quantitative estimate of drug-likeness (QED) is 0.657. The Morgan fingerprint density at radius 2 is 2.06 bits per heavy atom. The zero-order valence-electron chi connectivity index (χ0n) is 19.6. The molecule has 1 saturated heterocycles. The molecule has 3 atom stereocenters. The Morgan fingerprint density at radius 3 is 2.91 bits per heavy atom. The molecule has 0 radical (unpaired) electrons. The number of benzene rings is 1. The predicted molar refractivity (Wildman–Crippen MR) is 127 cm³/mol. The number of hydrogen-bond acceptors (Lipinski definition) is 5. The molecule has 1 N–H and O–H groups in total. The average molecular weight is 454 g/mol. The molecule has 178 valence electrons. The van der Waals surface area contributed by atoms with E-state index in [-0.39, 0.29) is 30.1 Å². The Kier molecular flexibility index (Phi) is 6.21. The maximum Gasteiger partial charge on any atom is 0.339 e. The molecular weight excluding hydrogens is 418 g/mol. The van der Waals surface area contributed by atoms with E-state index >= 15 is 0 Å². The lowest BCUT2D eigenvalue weighted by Crippen LogP contribution is -2.61. The maximum absolute atomic E-state index is 13.2. The van der Waals surface area contributed by atoms with Crippen LogP contribution >= 0.6 is 0 Å². The van der Waals surface area contributed by atoms with E-state index in [1.165, 1.54) is 0 Å². The summed E-state index contributed by atoms with van der Waals surface area (Å²) in [6, 6.07) is 5.61. The summed E-state index contributed by atoms with van der Waals surface area (Å²) in [7, 11) is 0. The molecule has 33 heavy (non-hydrogen) atoms. The SMILES string of the molecule is CCCCC1C2CCCCC2(O)CCN1C(=O)COc1ccc2c3c(c(=O)oc2c1)CCC3. The smallest absolute Gasteiger partial charge is 0.339 e. The van der Waals surface area contributed by atoms with Crippen molar-refractivity contribution in [1.82, 2.24) is 4.90 Å². The molecule has 2 heterocycles. The third kappa shape index (κ3) is 4.18. The number of aryl methyl sites for hydroxylation is 1. The molecule has 5 rings (SSSR count). The highest BCUT2D eigenvalue weighted by molar-refractivity contribution is 5.83. The first-order chi connectivity index (χ1) is 16.0. The molecule has 6 heteroatoms. The van der Waals surface area contributed by atoms with E-state index in [0.717, 1.165) is 80.7 Å². The van der Waals surface area contributed by atoms with Gasteiger partial charge in [-0.05, 0) is 62.6 Å². The van der Waals surface area contributed by atoms with E-state index in [1.807, 2.05) is 17.0 Å². The number of hydrogen-bond donors (Lipinski definition) is 1. The second kappa shape index (κ2) is 9.13. The van der Waals surface area contributed by atoms with Gasteiger partial charge in [-0.3, -0.25) is 4.79 Å². The first kappa shape index (κ1) is 22.5. The Bertz CT molecular complexity index is 1090. The highest BCUT2D eigenvalue weighted by Crippen LogP contribution is 2.44. The van der Waals surface area contributed by atoms with Crippen LogP contribution in [0.4, 0.5) is 0 Å². The zero-order chi connectivity index (χ0) is 23.0. The van der Waals surface area contributed by atoms with E-state index in [1.54, 1.807) is 6.07 Å². The number of rotatable bonds is 6. The van der Waals surface area contributed by atoms with Crippen LogP contribution in [-0.2, 0) is 17.6 Å². The number of aliphatic hydroxyl groups is 1. The van der Waals surface area contributed by atoms with Crippen molar-refractivity contribution in [2.45, 2.75) is 89.2 Å². The summed E-state index contributed by atoms with van der Waals surface area (Å²) in [5, 5.41) is 12.2. The average Bonchev–Trinajstić information content (AvgIpc) is 3.31. The fraction of sp³-hybridized carbons (Fsp3) is 0.630. The van der Waals surface area contributed by atoms with Crippen LogP contribution in [0.5, 0.6) is 5.75 Å². The summed E-state index contributed by atoms with van der Waals surface area (Å²) >= 11 is 0. The van der Waals surface area contributed by atoms with Crippen molar-refractivity contribution in [1.29, 1.82) is 0 Å². The van der Waals surface area contributed by atoms with Gasteiger partial charge in [0, 0.05) is 35.5 Å². The molecule has 2 aromatic rings. The number of amides is 1. The summed E-state index contributed by atoms with van der Waals surface area (Å²) in [5.74, 6) is 0.667. The Labute approximate surface area is 194 Å². The molecule has 1 aromatic heterocycles. The summed E-state index contributed by atoms with van der Waals surface area (Å²) in [5.41, 5.74) is 1.55. The van der Waals surface area contributed by atoms with Crippen LogP contribution in [0.3, 0.4) is 0 Å². The van der Waals surface area contributed by atoms with Crippen molar-refractivity contribution in [2.24, 2.45) is 5.92 Å². The minimum atomic E-state index is -0.621. The summed E-state index contributed by atoms with van der Waals surface area (Å²) in [4.78, 5) is 27.5. The molecule has 2 aliphatic carbocycles. The largest absolute Gasteiger partial charge is 0.484 e. The number of fused-ring (bicyclic) bond motifs is 4. The fourth-order valence-corrected chi connectivity index (χ4v) is 6.47. The van der Waals surface area contributed by atoms with Gasteiger partial charge in [-0.25, -0.2) is 4.79 Å². The second-order valence-corrected chi connectivity index (χ2v) is 10.1. The number of piperidine rings is 1. The molecule has 3 unspecified atom stereocenters. The highest BCUT2D eigenvalue weighted by atomic mass is 16.5. The van der Waals surface area contributed by atoms with Gasteiger partial charge in [0.05, 0.1) is 5.60 Å². The van der Waals surface area contributed by atoms with E-state index < -0.39 is 5.60 Å². The lowest BCUT2D eigenvalue weighted by Gasteiger charge is -2.52. The first-order valence-corrected chi connectivity index (χ1v) is 12.7. The summed E-state index contributed by atoms with van der Waals surface area (Å²) in [6.45, 7) is 2.70. The van der Waals surface area contributed by atoms with Gasteiger partial charge in [0.1, 0.15) is 11.3 Å². The molecule has 1 amide bonds. The number of nitrogens with zero attached hydrogens (tertiary/aromatic N) is 1. The molecule has 1 aliphatic heterocycles. The van der Waals surface area contributed by atoms with Gasteiger partial charge in [-0.15, -0.1) is 0 Å². The van der Waals surface area contributed by atoms with Crippen LogP contribution in [0.1, 0.15) is 75.8 Å². The molecule has 0 spiro atoms. The van der Waals surface area contributed by atoms with Crippen LogP contribution < -0.4 is 10.4 Å². The highest BCUT2D eigenvalue weighted by Gasteiger charge is 2.49. The number of carbonyl (C=O) groups excluding carboxylic acids is 1. The normalized spacial score (nSPS) is 26.8. The van der Waals surface area contributed by atoms with Crippen molar-refractivity contribution < 1.29 is 19.1 Å². The molecule has 6 nitrogen and oxygen atoms in total. The van der Waals surface area contributed by atoms with Crippen LogP contribution in [0.25, 0.3) is 11.0 Å². The molecule has 1 aromatic carbocycles. The Morgan fingerprint density at radius 1 is 1.21 bits per heavy atom. The first-order valence-electron chi connectivity index (χ1n) is 12.7. The number of carbonyl (C=O) groups is 1. The predicted octanol–water partition coefficient (Wildman–Crippen LogP) is 4.37. The summed E-state index contributed by atoms with van der Waals surface area (Å²) < 4.78 is 11.4. The topological polar surface area (TPSA) is 80.0 Å². The standard InChI is InChI=1S/C27H35NO5/c1-2-3-10-23-22-9-4-5-13-27(22,31)14-15-28(23)25(29)17-32-18-11-12-20-19-7-6-8-21(19)26(30)33-24(20)16-18/h11-12,16,22-23,31H,2-10,13-15,17H2,1H3. The van der Waals surface area contributed by atoms with Crippen LogP contribution in [-0.4, -0.2) is 40.7 Å². The van der Waals surface area contributed by atoms with E-state index in [4.69, 9.17) is 9.15 Å². The van der Waals surface area contributed by atoms with Crippen molar-refractivity contribution in [3.8, 4) is 5.75 Å². The number of ether oxygens (including phenoxy) is 1. The van der Waals surface area contributed by atoms with E-state index in [9.17, 15) is 14.7 Å². The van der Waals surface area contributed by atoms with Gasteiger partial charge in [-0.2, -0.15) is 0 Å². The Hall–Kier alpha value is -2.34. The monoisotopic (exact) mass is 453 g/mol. The van der Waals surface area contributed by atoms with Gasteiger partial charge in [0.15, 0.2) is 6.61 Å². The van der Waals surface area contributed by atoms with Gasteiger partial charge < -0.3 is 19.2 Å². The van der Waals surface area contributed by atoms with Crippen molar-refractivity contribution >= 4 is 16.9 Å². The van der Waals surface area contributed by atoms with Crippen molar-refractivity contribution in [3.05, 3.63) is 39.7 Å². The van der Waals surface area contributed by atoms with Crippen molar-refractivity contribution in [2.75, 3.05) is 13.2 Å². The maximum atomic E-state index is 13.2. The van der Waals surface area contributed by atoms with Gasteiger partial charge in [0.25, 0.3) is 5.91 Å². The third-order valence-corrected chi connectivity index (χ3v) is 8.20. The van der Waals surface area contributed by atoms with Gasteiger partial charge >= 0.3 is 5.63 Å². The molecule has 1 saturated carbocycles. The van der Waals surface area contributed by atoms with Crippen LogP contribution in [0.2, 0.25) is 0 Å². The third-order valence-electron chi connectivity index (χ3n) is 8.20. The van der Waals surface area contributed by atoms with E-state index in [2.05, 4.69) is 6.92 Å². The van der Waals surface area contributed by atoms with Crippen LogP contribution in [0.15, 0.2) is 27.4 Å². The fourth-order valence-electron chi connectivity index (χ4n) is 6.47. The minimum absolute atomic E-state index is 0.0285. The summed E-state index contributed by atoms with van der Waals surface area (Å²) in [6.07, 6.45) is 10.4. The minimum Gasteiger partial charge on any atom is -0.484 e. The molecule has 2 fully saturated rings. The number of likely N-dealkylation sites (tertiary alicyclic amines) is 1.